The van der Waals surface area contributed by atoms with Crippen LogP contribution in [0, 0.1) is 5.92 Å². The van der Waals surface area contributed by atoms with Crippen LogP contribution in [0.2, 0.25) is 0 Å². The summed E-state index contributed by atoms with van der Waals surface area (Å²) in [6.07, 6.45) is 4.36. The first-order valence-electron chi connectivity index (χ1n) is 7.74. The topological polar surface area (TPSA) is 48.3 Å². The number of nitrogens with zero attached hydrogens (tertiary/aromatic N) is 2. The molecule has 1 fully saturated rings. The highest BCUT2D eigenvalue weighted by Gasteiger charge is 2.35. The molecule has 1 aliphatic rings. The lowest BCUT2D eigenvalue weighted by atomic mass is 9.91. The van der Waals surface area contributed by atoms with Gasteiger partial charge in [-0.2, -0.15) is 5.10 Å². The predicted molar refractivity (Wildman–Crippen MR) is 86.4 cm³/mol. The van der Waals surface area contributed by atoms with E-state index in [0.29, 0.717) is 12.5 Å². The van der Waals surface area contributed by atoms with E-state index in [1.165, 1.54) is 5.69 Å². The summed E-state index contributed by atoms with van der Waals surface area (Å²) >= 11 is 3.66. The minimum absolute atomic E-state index is 0.260. The SMILES string of the molecule is CCCNC(c1c(Br)cnn1CCOC)C1CCOC1C. The van der Waals surface area contributed by atoms with Crippen LogP contribution in [0.1, 0.15) is 38.4 Å². The van der Waals surface area contributed by atoms with Gasteiger partial charge in [-0.25, -0.2) is 0 Å². The first-order valence-corrected chi connectivity index (χ1v) is 8.53. The molecule has 120 valence electrons. The summed E-state index contributed by atoms with van der Waals surface area (Å²) < 4.78 is 14.1. The molecular weight excluding hydrogens is 334 g/mol. The summed E-state index contributed by atoms with van der Waals surface area (Å²) in [5.74, 6) is 0.478. The van der Waals surface area contributed by atoms with Crippen LogP contribution in [0.3, 0.4) is 0 Å². The number of aromatic nitrogens is 2. The van der Waals surface area contributed by atoms with Crippen molar-refractivity contribution < 1.29 is 9.47 Å². The summed E-state index contributed by atoms with van der Waals surface area (Å²) in [4.78, 5) is 0. The smallest absolute Gasteiger partial charge is 0.0700 e. The molecule has 1 N–H and O–H groups in total. The fraction of sp³-hybridized carbons (Fsp3) is 0.800. The monoisotopic (exact) mass is 359 g/mol. The molecule has 1 aromatic rings. The van der Waals surface area contributed by atoms with Crippen molar-refractivity contribution in [3.05, 3.63) is 16.4 Å². The van der Waals surface area contributed by atoms with Gasteiger partial charge in [0, 0.05) is 19.6 Å². The number of methoxy groups -OCH3 is 1. The lowest BCUT2D eigenvalue weighted by molar-refractivity contribution is 0.0938. The van der Waals surface area contributed by atoms with E-state index in [2.05, 4.69) is 40.2 Å². The Labute approximate surface area is 135 Å². The Morgan fingerprint density at radius 2 is 2.43 bits per heavy atom. The van der Waals surface area contributed by atoms with E-state index < -0.39 is 0 Å². The Kier molecular flexibility index (Phi) is 6.67. The minimum atomic E-state index is 0.260. The molecule has 3 unspecified atom stereocenters. The van der Waals surface area contributed by atoms with Crippen molar-refractivity contribution in [2.24, 2.45) is 5.92 Å². The molecule has 6 heteroatoms. The van der Waals surface area contributed by atoms with Crippen molar-refractivity contribution in [1.29, 1.82) is 0 Å². The lowest BCUT2D eigenvalue weighted by Gasteiger charge is -2.28. The molecule has 0 aromatic carbocycles. The van der Waals surface area contributed by atoms with Crippen LogP contribution in [0.4, 0.5) is 0 Å². The Morgan fingerprint density at radius 3 is 3.05 bits per heavy atom. The van der Waals surface area contributed by atoms with E-state index in [-0.39, 0.29) is 12.1 Å². The van der Waals surface area contributed by atoms with E-state index in [9.17, 15) is 0 Å². The maximum Gasteiger partial charge on any atom is 0.0700 e. The Hall–Kier alpha value is -0.430. The van der Waals surface area contributed by atoms with Gasteiger partial charge < -0.3 is 14.8 Å². The largest absolute Gasteiger partial charge is 0.383 e. The molecule has 0 radical (unpaired) electrons. The van der Waals surface area contributed by atoms with E-state index in [1.807, 2.05) is 10.9 Å². The molecule has 2 rings (SSSR count). The molecule has 0 saturated carbocycles. The quantitative estimate of drug-likeness (QED) is 0.775. The summed E-state index contributed by atoms with van der Waals surface area (Å²) in [7, 11) is 1.72. The zero-order valence-electron chi connectivity index (χ0n) is 13.1. The zero-order chi connectivity index (χ0) is 15.2. The average Bonchev–Trinajstić information content (AvgIpc) is 3.05. The molecular formula is C15H26BrN3O2. The van der Waals surface area contributed by atoms with Gasteiger partial charge in [0.2, 0.25) is 0 Å². The molecule has 1 aliphatic heterocycles. The van der Waals surface area contributed by atoms with Gasteiger partial charge in [0.05, 0.1) is 41.7 Å². The van der Waals surface area contributed by atoms with Crippen LogP contribution in [-0.2, 0) is 16.0 Å². The van der Waals surface area contributed by atoms with Gasteiger partial charge in [-0.3, -0.25) is 4.68 Å². The summed E-state index contributed by atoms with van der Waals surface area (Å²) in [6.45, 7) is 7.63. The van der Waals surface area contributed by atoms with Crippen molar-refractivity contribution >= 4 is 15.9 Å². The molecule has 1 aromatic heterocycles. The first-order chi connectivity index (χ1) is 10.2. The Balaban J connectivity index is 2.24. The van der Waals surface area contributed by atoms with Gasteiger partial charge in [-0.05, 0) is 42.2 Å². The van der Waals surface area contributed by atoms with Crippen LogP contribution in [0.5, 0.6) is 0 Å². The Bertz CT molecular complexity index is 439. The van der Waals surface area contributed by atoms with E-state index in [1.54, 1.807) is 7.11 Å². The molecule has 0 spiro atoms. The predicted octanol–water partition coefficient (Wildman–Crippen LogP) is 2.76. The zero-order valence-corrected chi connectivity index (χ0v) is 14.7. The Morgan fingerprint density at radius 1 is 1.62 bits per heavy atom. The van der Waals surface area contributed by atoms with Gasteiger partial charge in [-0.1, -0.05) is 6.92 Å². The van der Waals surface area contributed by atoms with Crippen molar-refractivity contribution in [2.75, 3.05) is 26.9 Å². The summed E-state index contributed by atoms with van der Waals surface area (Å²) in [5.41, 5.74) is 1.21. The highest BCUT2D eigenvalue weighted by molar-refractivity contribution is 9.10. The van der Waals surface area contributed by atoms with E-state index in [4.69, 9.17) is 9.47 Å². The maximum absolute atomic E-state index is 5.78. The van der Waals surface area contributed by atoms with E-state index >= 15 is 0 Å². The first kappa shape index (κ1) is 16.9. The maximum atomic E-state index is 5.78. The second-order valence-electron chi connectivity index (χ2n) is 5.55. The molecule has 5 nitrogen and oxygen atoms in total. The lowest BCUT2D eigenvalue weighted by Crippen LogP contribution is -2.34. The van der Waals surface area contributed by atoms with Crippen molar-refractivity contribution in [3.8, 4) is 0 Å². The van der Waals surface area contributed by atoms with E-state index in [0.717, 1.165) is 37.0 Å². The normalized spacial score (nSPS) is 23.6. The molecule has 3 atom stereocenters. The highest BCUT2D eigenvalue weighted by Crippen LogP contribution is 2.36. The minimum Gasteiger partial charge on any atom is -0.383 e. The van der Waals surface area contributed by atoms with Gasteiger partial charge >= 0.3 is 0 Å². The number of halogens is 1. The second kappa shape index (κ2) is 8.27. The third-order valence-corrected chi connectivity index (χ3v) is 4.72. The van der Waals surface area contributed by atoms with Crippen LogP contribution in [0.15, 0.2) is 10.7 Å². The standard InChI is InChI=1S/C15H26BrN3O2/c1-4-6-17-14(12-5-8-21-11(12)2)15-13(16)10-18-19(15)7-9-20-3/h10-12,14,17H,4-9H2,1-3H3. The molecule has 21 heavy (non-hydrogen) atoms. The molecule has 0 bridgehead atoms. The van der Waals surface area contributed by atoms with Crippen LogP contribution in [0.25, 0.3) is 0 Å². The average molecular weight is 360 g/mol. The van der Waals surface area contributed by atoms with Crippen LogP contribution < -0.4 is 5.32 Å². The van der Waals surface area contributed by atoms with Crippen molar-refractivity contribution in [2.45, 2.75) is 45.4 Å². The van der Waals surface area contributed by atoms with Crippen molar-refractivity contribution in [1.82, 2.24) is 15.1 Å². The number of ether oxygens (including phenoxy) is 2. The van der Waals surface area contributed by atoms with Crippen LogP contribution in [-0.4, -0.2) is 42.8 Å². The fourth-order valence-corrected chi connectivity index (χ4v) is 3.52. The summed E-state index contributed by atoms with van der Waals surface area (Å²) in [5, 5.41) is 8.18. The third kappa shape index (κ3) is 4.06. The fourth-order valence-electron chi connectivity index (χ4n) is 2.97. The second-order valence-corrected chi connectivity index (χ2v) is 6.41. The van der Waals surface area contributed by atoms with Gasteiger partial charge in [-0.15, -0.1) is 0 Å². The molecule has 0 aliphatic carbocycles. The van der Waals surface area contributed by atoms with Crippen LogP contribution >= 0.6 is 15.9 Å². The number of hydrogen-bond acceptors (Lipinski definition) is 4. The highest BCUT2D eigenvalue weighted by atomic mass is 79.9. The molecule has 1 saturated heterocycles. The number of rotatable bonds is 8. The molecule has 2 heterocycles. The van der Waals surface area contributed by atoms with Gasteiger partial charge in [0.25, 0.3) is 0 Å². The third-order valence-electron chi connectivity index (χ3n) is 4.11. The van der Waals surface area contributed by atoms with Gasteiger partial charge in [0.1, 0.15) is 0 Å². The van der Waals surface area contributed by atoms with Crippen molar-refractivity contribution in [3.63, 3.8) is 0 Å². The van der Waals surface area contributed by atoms with Gasteiger partial charge in [0.15, 0.2) is 0 Å². The summed E-state index contributed by atoms with van der Waals surface area (Å²) in [6, 6.07) is 0.260. The number of hydrogen-bond donors (Lipinski definition) is 1. The molecule has 0 amide bonds. The number of nitrogens with one attached hydrogen (secondary N) is 1.